The van der Waals surface area contributed by atoms with Gasteiger partial charge in [0.25, 0.3) is 0 Å². The molecule has 0 aliphatic heterocycles. The van der Waals surface area contributed by atoms with Gasteiger partial charge in [-0.3, -0.25) is 0 Å². The molecule has 0 spiro atoms. The van der Waals surface area contributed by atoms with Crippen molar-refractivity contribution in [3.05, 3.63) is 45.9 Å². The summed E-state index contributed by atoms with van der Waals surface area (Å²) in [7, 11) is 0. The molecule has 2 aromatic rings. The first-order chi connectivity index (χ1) is 12.6. The van der Waals surface area contributed by atoms with Gasteiger partial charge in [-0.1, -0.05) is 32.0 Å². The Morgan fingerprint density at radius 1 is 1.22 bits per heavy atom. The third-order valence-corrected chi connectivity index (χ3v) is 4.96. The standard InChI is InChI=1S/C20H30N4OS.HI/c1-5-21-20(22-12-11-17-14-26-19(24-17)15(3)4)23-13-16-9-7-8-10-18(16)25-6-2;/h7-10,14-15H,5-6,11-13H2,1-4H3,(H2,21,22,23);1H. The molecule has 0 bridgehead atoms. The molecule has 0 atom stereocenters. The highest BCUT2D eigenvalue weighted by Gasteiger charge is 2.06. The molecule has 1 aromatic heterocycles. The Morgan fingerprint density at radius 3 is 2.67 bits per heavy atom. The van der Waals surface area contributed by atoms with Gasteiger partial charge in [-0.05, 0) is 19.9 Å². The summed E-state index contributed by atoms with van der Waals surface area (Å²) in [5.41, 5.74) is 2.23. The van der Waals surface area contributed by atoms with Crippen molar-refractivity contribution < 1.29 is 4.74 Å². The third kappa shape index (κ3) is 8.04. The summed E-state index contributed by atoms with van der Waals surface area (Å²) in [5.74, 6) is 2.21. The summed E-state index contributed by atoms with van der Waals surface area (Å²) >= 11 is 1.74. The van der Waals surface area contributed by atoms with Crippen molar-refractivity contribution in [2.24, 2.45) is 4.99 Å². The molecule has 27 heavy (non-hydrogen) atoms. The van der Waals surface area contributed by atoms with Gasteiger partial charge in [0.2, 0.25) is 0 Å². The van der Waals surface area contributed by atoms with Gasteiger partial charge < -0.3 is 15.4 Å². The smallest absolute Gasteiger partial charge is 0.191 e. The van der Waals surface area contributed by atoms with Crippen molar-refractivity contribution in [3.8, 4) is 5.75 Å². The number of benzene rings is 1. The van der Waals surface area contributed by atoms with Gasteiger partial charge in [-0.2, -0.15) is 0 Å². The molecule has 0 aliphatic carbocycles. The molecular formula is C20H31IN4OS. The van der Waals surface area contributed by atoms with Gasteiger partial charge in [-0.15, -0.1) is 35.3 Å². The van der Waals surface area contributed by atoms with E-state index in [-0.39, 0.29) is 24.0 Å². The van der Waals surface area contributed by atoms with Gasteiger partial charge in [0.15, 0.2) is 5.96 Å². The summed E-state index contributed by atoms with van der Waals surface area (Å²) in [4.78, 5) is 9.37. The molecule has 0 aliphatic rings. The van der Waals surface area contributed by atoms with Crippen molar-refractivity contribution in [1.29, 1.82) is 0 Å². The first-order valence-electron chi connectivity index (χ1n) is 9.31. The highest BCUT2D eigenvalue weighted by atomic mass is 127. The minimum absolute atomic E-state index is 0. The zero-order valence-electron chi connectivity index (χ0n) is 16.6. The average molecular weight is 502 g/mol. The molecule has 0 saturated carbocycles. The number of guanidine groups is 1. The molecule has 0 amide bonds. The molecule has 0 saturated heterocycles. The molecule has 5 nitrogen and oxygen atoms in total. The van der Waals surface area contributed by atoms with Crippen LogP contribution in [0.5, 0.6) is 5.75 Å². The number of halogens is 1. The quantitative estimate of drug-likeness (QED) is 0.300. The van der Waals surface area contributed by atoms with E-state index in [0.29, 0.717) is 19.1 Å². The topological polar surface area (TPSA) is 58.5 Å². The molecular weight excluding hydrogens is 471 g/mol. The summed E-state index contributed by atoms with van der Waals surface area (Å²) < 4.78 is 5.67. The maximum atomic E-state index is 5.67. The summed E-state index contributed by atoms with van der Waals surface area (Å²) in [5, 5.41) is 10.0. The van der Waals surface area contributed by atoms with Crippen molar-refractivity contribution in [1.82, 2.24) is 15.6 Å². The van der Waals surface area contributed by atoms with Crippen LogP contribution in [0.3, 0.4) is 0 Å². The lowest BCUT2D eigenvalue weighted by molar-refractivity contribution is 0.336. The second-order valence-electron chi connectivity index (χ2n) is 6.24. The van der Waals surface area contributed by atoms with Gasteiger partial charge in [-0.25, -0.2) is 9.98 Å². The Labute approximate surface area is 184 Å². The number of hydrogen-bond donors (Lipinski definition) is 2. The van der Waals surface area contributed by atoms with Crippen LogP contribution in [0.4, 0.5) is 0 Å². The summed E-state index contributed by atoms with van der Waals surface area (Å²) in [6.07, 6.45) is 0.892. The van der Waals surface area contributed by atoms with E-state index < -0.39 is 0 Å². The highest BCUT2D eigenvalue weighted by molar-refractivity contribution is 14.0. The number of para-hydroxylation sites is 1. The minimum atomic E-state index is 0. The zero-order chi connectivity index (χ0) is 18.8. The minimum Gasteiger partial charge on any atom is -0.494 e. The number of hydrogen-bond acceptors (Lipinski definition) is 4. The lowest BCUT2D eigenvalue weighted by atomic mass is 10.2. The number of aliphatic imine (C=N–C) groups is 1. The van der Waals surface area contributed by atoms with Gasteiger partial charge >= 0.3 is 0 Å². The molecule has 1 heterocycles. The van der Waals surface area contributed by atoms with E-state index in [4.69, 9.17) is 4.74 Å². The Bertz CT molecular complexity index is 703. The fourth-order valence-electron chi connectivity index (χ4n) is 2.45. The lowest BCUT2D eigenvalue weighted by Gasteiger charge is -2.12. The van der Waals surface area contributed by atoms with Crippen LogP contribution in [-0.2, 0) is 13.0 Å². The fourth-order valence-corrected chi connectivity index (χ4v) is 3.32. The van der Waals surface area contributed by atoms with Gasteiger partial charge in [0, 0.05) is 36.4 Å². The number of ether oxygens (including phenoxy) is 1. The SMILES string of the molecule is CCNC(=NCc1ccccc1OCC)NCCc1csc(C(C)C)n1.I. The van der Waals surface area contributed by atoms with Crippen LogP contribution >= 0.6 is 35.3 Å². The van der Waals surface area contributed by atoms with Crippen LogP contribution in [0.1, 0.15) is 49.9 Å². The Morgan fingerprint density at radius 2 is 2.00 bits per heavy atom. The Kier molecular flexibility index (Phi) is 11.3. The maximum Gasteiger partial charge on any atom is 0.191 e. The van der Waals surface area contributed by atoms with Crippen LogP contribution in [0.25, 0.3) is 0 Å². The van der Waals surface area contributed by atoms with Crippen LogP contribution in [0.15, 0.2) is 34.6 Å². The van der Waals surface area contributed by atoms with Crippen molar-refractivity contribution in [3.63, 3.8) is 0 Å². The predicted octanol–water partition coefficient (Wildman–Crippen LogP) is 4.58. The Hall–Kier alpha value is -1.35. The highest BCUT2D eigenvalue weighted by Crippen LogP contribution is 2.19. The van der Waals surface area contributed by atoms with Crippen LogP contribution in [-0.4, -0.2) is 30.6 Å². The lowest BCUT2D eigenvalue weighted by Crippen LogP contribution is -2.38. The molecule has 0 radical (unpaired) electrons. The largest absolute Gasteiger partial charge is 0.494 e. The molecule has 0 fully saturated rings. The fraction of sp³-hybridized carbons (Fsp3) is 0.500. The summed E-state index contributed by atoms with van der Waals surface area (Å²) in [6.45, 7) is 11.3. The number of nitrogens with one attached hydrogen (secondary N) is 2. The zero-order valence-corrected chi connectivity index (χ0v) is 19.8. The van der Waals surface area contributed by atoms with E-state index in [1.165, 1.54) is 5.01 Å². The van der Waals surface area contributed by atoms with Crippen LogP contribution in [0.2, 0.25) is 0 Å². The third-order valence-electron chi connectivity index (χ3n) is 3.76. The number of nitrogens with zero attached hydrogens (tertiary/aromatic N) is 2. The van der Waals surface area contributed by atoms with Crippen LogP contribution < -0.4 is 15.4 Å². The van der Waals surface area contributed by atoms with E-state index >= 15 is 0 Å². The van der Waals surface area contributed by atoms with Crippen molar-refractivity contribution in [2.75, 3.05) is 19.7 Å². The van der Waals surface area contributed by atoms with Crippen LogP contribution in [0, 0.1) is 0 Å². The van der Waals surface area contributed by atoms with Gasteiger partial charge in [0.05, 0.1) is 23.9 Å². The normalized spacial score (nSPS) is 11.2. The van der Waals surface area contributed by atoms with Crippen molar-refractivity contribution in [2.45, 2.75) is 46.6 Å². The number of aromatic nitrogens is 1. The van der Waals surface area contributed by atoms with E-state index in [9.17, 15) is 0 Å². The van der Waals surface area contributed by atoms with Crippen molar-refractivity contribution >= 4 is 41.3 Å². The number of rotatable bonds is 9. The first-order valence-corrected chi connectivity index (χ1v) is 10.2. The predicted molar refractivity (Wildman–Crippen MR) is 126 cm³/mol. The van der Waals surface area contributed by atoms with E-state index in [1.54, 1.807) is 11.3 Å². The average Bonchev–Trinajstić information content (AvgIpc) is 3.10. The van der Waals surface area contributed by atoms with E-state index in [1.807, 2.05) is 25.1 Å². The second-order valence-corrected chi connectivity index (χ2v) is 7.13. The molecule has 150 valence electrons. The summed E-state index contributed by atoms with van der Waals surface area (Å²) in [6, 6.07) is 8.05. The Balaban J connectivity index is 0.00000364. The second kappa shape index (κ2) is 12.9. The first kappa shape index (κ1) is 23.7. The molecule has 2 N–H and O–H groups in total. The monoisotopic (exact) mass is 502 g/mol. The van der Waals surface area contributed by atoms with E-state index in [2.05, 4.69) is 52.8 Å². The molecule has 2 rings (SSSR count). The number of thiazole rings is 1. The maximum absolute atomic E-state index is 5.67. The molecule has 0 unspecified atom stereocenters. The molecule has 1 aromatic carbocycles. The van der Waals surface area contributed by atoms with Gasteiger partial charge in [0.1, 0.15) is 5.75 Å². The molecule has 7 heteroatoms. The van der Waals surface area contributed by atoms with E-state index in [0.717, 1.165) is 42.5 Å².